The van der Waals surface area contributed by atoms with E-state index in [1.807, 2.05) is 20.8 Å². The molecule has 0 spiro atoms. The highest BCUT2D eigenvalue weighted by atomic mass is 16.7. The number of hydrogen-bond acceptors (Lipinski definition) is 3. The Bertz CT molecular complexity index is 131. The first-order chi connectivity index (χ1) is 5.02. The zero-order chi connectivity index (χ0) is 8.54. The molecule has 11 heavy (non-hydrogen) atoms. The van der Waals surface area contributed by atoms with Crippen LogP contribution in [0.1, 0.15) is 20.8 Å². The number of aliphatic hydroxyl groups is 1. The molecule has 1 aliphatic heterocycles. The molecule has 0 amide bonds. The van der Waals surface area contributed by atoms with Gasteiger partial charge in [-0.1, -0.05) is 20.8 Å². The predicted molar refractivity (Wildman–Crippen MR) is 41.2 cm³/mol. The summed E-state index contributed by atoms with van der Waals surface area (Å²) < 4.78 is 10.8. The maximum atomic E-state index is 9.10. The lowest BCUT2D eigenvalue weighted by Crippen LogP contribution is -2.47. The summed E-state index contributed by atoms with van der Waals surface area (Å²) in [6.45, 7) is 7.07. The molecule has 3 heteroatoms. The number of aliphatic hydroxyl groups excluding tert-OH is 1. The predicted octanol–water partition coefficient (Wildman–Crippen LogP) is 0.768. The summed E-state index contributed by atoms with van der Waals surface area (Å²) in [5.41, 5.74) is -0.168. The minimum Gasteiger partial charge on any atom is -0.391 e. The SMILES string of the molecule is CC(C)(C)C1(CO)OCCO1. The molecule has 1 heterocycles. The van der Waals surface area contributed by atoms with Crippen molar-refractivity contribution in [2.45, 2.75) is 26.6 Å². The van der Waals surface area contributed by atoms with Crippen LogP contribution in [0.5, 0.6) is 0 Å². The third-order valence-electron chi connectivity index (χ3n) is 2.10. The summed E-state index contributed by atoms with van der Waals surface area (Å²) in [6, 6.07) is 0. The first-order valence-corrected chi connectivity index (χ1v) is 3.91. The van der Waals surface area contributed by atoms with E-state index in [1.54, 1.807) is 0 Å². The van der Waals surface area contributed by atoms with Crippen molar-refractivity contribution in [3.8, 4) is 0 Å². The molecule has 0 aromatic carbocycles. The van der Waals surface area contributed by atoms with E-state index < -0.39 is 5.79 Å². The van der Waals surface area contributed by atoms with Crippen LogP contribution in [0.25, 0.3) is 0 Å². The molecule has 66 valence electrons. The third-order valence-corrected chi connectivity index (χ3v) is 2.10. The summed E-state index contributed by atoms with van der Waals surface area (Å²) in [7, 11) is 0. The smallest absolute Gasteiger partial charge is 0.196 e. The van der Waals surface area contributed by atoms with E-state index in [4.69, 9.17) is 14.6 Å². The Balaban J connectivity index is 2.75. The molecule has 1 N–H and O–H groups in total. The summed E-state index contributed by atoms with van der Waals surface area (Å²) >= 11 is 0. The molecular weight excluding hydrogens is 144 g/mol. The van der Waals surface area contributed by atoms with E-state index in [2.05, 4.69) is 0 Å². The van der Waals surface area contributed by atoms with Crippen LogP contribution in [-0.4, -0.2) is 30.7 Å². The van der Waals surface area contributed by atoms with Crippen molar-refractivity contribution in [2.75, 3.05) is 19.8 Å². The lowest BCUT2D eigenvalue weighted by atomic mass is 9.86. The van der Waals surface area contributed by atoms with Crippen LogP contribution in [-0.2, 0) is 9.47 Å². The maximum absolute atomic E-state index is 9.10. The Morgan fingerprint density at radius 1 is 1.27 bits per heavy atom. The number of ether oxygens (including phenoxy) is 2. The van der Waals surface area contributed by atoms with Crippen LogP contribution in [0.2, 0.25) is 0 Å². The Kier molecular flexibility index (Phi) is 2.23. The highest BCUT2D eigenvalue weighted by Gasteiger charge is 2.46. The zero-order valence-corrected chi connectivity index (χ0v) is 7.39. The van der Waals surface area contributed by atoms with Crippen molar-refractivity contribution in [1.29, 1.82) is 0 Å². The Hall–Kier alpha value is -0.120. The Morgan fingerprint density at radius 2 is 1.73 bits per heavy atom. The monoisotopic (exact) mass is 160 g/mol. The van der Waals surface area contributed by atoms with E-state index in [0.29, 0.717) is 13.2 Å². The standard InChI is InChI=1S/C8H16O3/c1-7(2,3)8(6-9)10-4-5-11-8/h9H,4-6H2,1-3H3. The summed E-state index contributed by atoms with van der Waals surface area (Å²) in [5.74, 6) is -0.771. The first-order valence-electron chi connectivity index (χ1n) is 3.91. The second kappa shape index (κ2) is 2.73. The fourth-order valence-electron chi connectivity index (χ4n) is 1.22. The van der Waals surface area contributed by atoms with Crippen molar-refractivity contribution < 1.29 is 14.6 Å². The molecule has 1 fully saturated rings. The van der Waals surface area contributed by atoms with E-state index in [9.17, 15) is 0 Å². The van der Waals surface area contributed by atoms with Crippen LogP contribution < -0.4 is 0 Å². The molecule has 3 nitrogen and oxygen atoms in total. The van der Waals surface area contributed by atoms with Crippen LogP contribution in [0, 0.1) is 5.41 Å². The van der Waals surface area contributed by atoms with E-state index in [1.165, 1.54) is 0 Å². The van der Waals surface area contributed by atoms with Crippen LogP contribution in [0.3, 0.4) is 0 Å². The van der Waals surface area contributed by atoms with Gasteiger partial charge in [0.15, 0.2) is 5.79 Å². The molecule has 1 rings (SSSR count). The molecule has 1 aliphatic rings. The minimum absolute atomic E-state index is 0.0729. The molecule has 1 saturated heterocycles. The van der Waals surface area contributed by atoms with Gasteiger partial charge in [-0.15, -0.1) is 0 Å². The molecule has 0 saturated carbocycles. The second-order valence-corrected chi connectivity index (χ2v) is 3.86. The van der Waals surface area contributed by atoms with Crippen molar-refractivity contribution in [3.63, 3.8) is 0 Å². The van der Waals surface area contributed by atoms with Gasteiger partial charge in [0.1, 0.15) is 0 Å². The van der Waals surface area contributed by atoms with Gasteiger partial charge in [-0.3, -0.25) is 0 Å². The largest absolute Gasteiger partial charge is 0.391 e. The zero-order valence-electron chi connectivity index (χ0n) is 7.39. The van der Waals surface area contributed by atoms with Crippen molar-refractivity contribution in [2.24, 2.45) is 5.41 Å². The fraction of sp³-hybridized carbons (Fsp3) is 1.00. The Morgan fingerprint density at radius 3 is 1.91 bits per heavy atom. The van der Waals surface area contributed by atoms with Crippen LogP contribution >= 0.6 is 0 Å². The van der Waals surface area contributed by atoms with Gasteiger partial charge in [0.2, 0.25) is 0 Å². The normalized spacial score (nSPS) is 24.0. The molecule has 0 radical (unpaired) electrons. The van der Waals surface area contributed by atoms with Crippen molar-refractivity contribution in [1.82, 2.24) is 0 Å². The highest BCUT2D eigenvalue weighted by molar-refractivity contribution is 4.86. The molecule has 0 aromatic rings. The lowest BCUT2D eigenvalue weighted by molar-refractivity contribution is -0.242. The number of hydrogen-bond donors (Lipinski definition) is 1. The fourth-order valence-corrected chi connectivity index (χ4v) is 1.22. The van der Waals surface area contributed by atoms with Crippen LogP contribution in [0.15, 0.2) is 0 Å². The van der Waals surface area contributed by atoms with Gasteiger partial charge < -0.3 is 14.6 Å². The van der Waals surface area contributed by atoms with Gasteiger partial charge >= 0.3 is 0 Å². The van der Waals surface area contributed by atoms with Crippen molar-refractivity contribution >= 4 is 0 Å². The molecule has 0 unspecified atom stereocenters. The van der Waals surface area contributed by atoms with Gasteiger partial charge in [0.05, 0.1) is 19.8 Å². The molecular formula is C8H16O3. The minimum atomic E-state index is -0.771. The van der Waals surface area contributed by atoms with Crippen molar-refractivity contribution in [3.05, 3.63) is 0 Å². The average Bonchev–Trinajstić information content (AvgIpc) is 2.33. The Labute approximate surface area is 67.3 Å². The van der Waals surface area contributed by atoms with E-state index in [-0.39, 0.29) is 12.0 Å². The van der Waals surface area contributed by atoms with E-state index in [0.717, 1.165) is 0 Å². The molecule has 0 bridgehead atoms. The van der Waals surface area contributed by atoms with Gasteiger partial charge in [-0.05, 0) is 0 Å². The second-order valence-electron chi connectivity index (χ2n) is 3.86. The summed E-state index contributed by atoms with van der Waals surface area (Å²) in [4.78, 5) is 0. The average molecular weight is 160 g/mol. The molecule has 0 atom stereocenters. The van der Waals surface area contributed by atoms with Gasteiger partial charge in [0, 0.05) is 5.41 Å². The lowest BCUT2D eigenvalue weighted by Gasteiger charge is -2.37. The summed E-state index contributed by atoms with van der Waals surface area (Å²) in [6.07, 6.45) is 0. The quantitative estimate of drug-likeness (QED) is 0.615. The number of rotatable bonds is 1. The molecule has 0 aromatic heterocycles. The maximum Gasteiger partial charge on any atom is 0.196 e. The highest BCUT2D eigenvalue weighted by Crippen LogP contribution is 2.37. The van der Waals surface area contributed by atoms with Gasteiger partial charge in [0.25, 0.3) is 0 Å². The summed E-state index contributed by atoms with van der Waals surface area (Å²) in [5, 5.41) is 9.10. The van der Waals surface area contributed by atoms with Crippen LogP contribution in [0.4, 0.5) is 0 Å². The first kappa shape index (κ1) is 8.97. The topological polar surface area (TPSA) is 38.7 Å². The van der Waals surface area contributed by atoms with Gasteiger partial charge in [-0.25, -0.2) is 0 Å². The third kappa shape index (κ3) is 1.41. The molecule has 0 aliphatic carbocycles. The van der Waals surface area contributed by atoms with E-state index >= 15 is 0 Å². The van der Waals surface area contributed by atoms with Gasteiger partial charge in [-0.2, -0.15) is 0 Å².